The van der Waals surface area contributed by atoms with Gasteiger partial charge in [-0.1, -0.05) is 19.9 Å². The Morgan fingerprint density at radius 2 is 1.76 bits per heavy atom. The summed E-state index contributed by atoms with van der Waals surface area (Å²) in [5, 5.41) is 31.8. The van der Waals surface area contributed by atoms with Gasteiger partial charge in [0.2, 0.25) is 0 Å². The van der Waals surface area contributed by atoms with E-state index in [4.69, 9.17) is 4.74 Å². The molecule has 1 aromatic heterocycles. The Morgan fingerprint density at radius 3 is 2.39 bits per heavy atom. The lowest BCUT2D eigenvalue weighted by Crippen LogP contribution is -2.49. The van der Waals surface area contributed by atoms with Crippen LogP contribution in [0.15, 0.2) is 42.5 Å². The van der Waals surface area contributed by atoms with E-state index in [1.54, 1.807) is 24.3 Å². The van der Waals surface area contributed by atoms with Gasteiger partial charge >= 0.3 is 5.97 Å². The molecule has 0 unspecified atom stereocenters. The molecule has 1 saturated carbocycles. The molecule has 3 aromatic rings. The quantitative estimate of drug-likeness (QED) is 0.532. The maximum absolute atomic E-state index is 13.7. The van der Waals surface area contributed by atoms with Crippen LogP contribution in [0.1, 0.15) is 57.2 Å². The number of carboxylic acid groups (broad SMARTS) is 1. The molecule has 0 atom stereocenters. The second-order valence-electron chi connectivity index (χ2n) is 10.2. The second kappa shape index (κ2) is 7.30. The van der Waals surface area contributed by atoms with Crippen LogP contribution in [-0.4, -0.2) is 38.1 Å². The molecule has 0 bridgehead atoms. The first-order chi connectivity index (χ1) is 15.6. The van der Waals surface area contributed by atoms with E-state index in [0.29, 0.717) is 24.8 Å². The highest BCUT2D eigenvalue weighted by Gasteiger charge is 2.52. The molecule has 2 aromatic carbocycles. The maximum Gasteiger partial charge on any atom is 0.306 e. The van der Waals surface area contributed by atoms with Gasteiger partial charge < -0.3 is 24.6 Å². The summed E-state index contributed by atoms with van der Waals surface area (Å²) in [5.41, 5.74) is 1.03. The predicted molar refractivity (Wildman–Crippen MR) is 121 cm³/mol. The van der Waals surface area contributed by atoms with E-state index in [1.807, 2.05) is 6.07 Å². The summed E-state index contributed by atoms with van der Waals surface area (Å²) in [6.45, 7) is 4.59. The monoisotopic (exact) mass is 453 g/mol. The number of carboxylic acids is 1. The molecule has 1 fully saturated rings. The van der Waals surface area contributed by atoms with Crippen molar-refractivity contribution in [1.29, 1.82) is 0 Å². The minimum absolute atomic E-state index is 0.136. The third kappa shape index (κ3) is 3.42. The summed E-state index contributed by atoms with van der Waals surface area (Å²) in [7, 11) is 0. The van der Waals surface area contributed by atoms with Crippen LogP contribution in [0, 0.1) is 5.82 Å². The number of aromatic hydroxyl groups is 1. The van der Waals surface area contributed by atoms with Crippen molar-refractivity contribution in [2.75, 3.05) is 6.61 Å². The fourth-order valence-electron chi connectivity index (χ4n) is 5.70. The minimum Gasteiger partial charge on any atom is -0.507 e. The van der Waals surface area contributed by atoms with Crippen molar-refractivity contribution in [2.45, 2.75) is 62.6 Å². The van der Waals surface area contributed by atoms with E-state index in [2.05, 4.69) is 18.4 Å². The molecule has 3 N–H and O–H groups in total. The Morgan fingerprint density at radius 1 is 1.09 bits per heavy atom. The van der Waals surface area contributed by atoms with Gasteiger partial charge in [-0.05, 0) is 62.1 Å². The van der Waals surface area contributed by atoms with E-state index < -0.39 is 22.6 Å². The maximum atomic E-state index is 13.7. The summed E-state index contributed by atoms with van der Waals surface area (Å²) in [6.07, 6.45) is 1.16. The number of phenolic OH excluding ortho intramolecular Hbond substituents is 1. The lowest BCUT2D eigenvalue weighted by Gasteiger charge is -2.49. The normalized spacial score (nSPS) is 26.4. The average molecular weight is 454 g/mol. The van der Waals surface area contributed by atoms with E-state index >= 15 is 0 Å². The largest absolute Gasteiger partial charge is 0.507 e. The zero-order valence-corrected chi connectivity index (χ0v) is 18.8. The van der Waals surface area contributed by atoms with Gasteiger partial charge in [-0.2, -0.15) is 0 Å². The summed E-state index contributed by atoms with van der Waals surface area (Å²) < 4.78 is 22.3. The molecule has 1 aliphatic carbocycles. The lowest BCUT2D eigenvalue weighted by atomic mass is 9.67. The molecule has 6 nitrogen and oxygen atoms in total. The van der Waals surface area contributed by atoms with Crippen molar-refractivity contribution >= 4 is 16.9 Å². The van der Waals surface area contributed by atoms with E-state index in [-0.39, 0.29) is 30.8 Å². The van der Waals surface area contributed by atoms with Gasteiger partial charge in [0.05, 0.1) is 29.7 Å². The third-order valence-corrected chi connectivity index (χ3v) is 7.33. The molecule has 0 amide bonds. The molecule has 2 aliphatic rings. The number of nitrogens with zero attached hydrogens (tertiary/aromatic N) is 1. The molecule has 7 heteroatoms. The molecular formula is C26H28FNO5. The van der Waals surface area contributed by atoms with Crippen molar-refractivity contribution < 1.29 is 29.2 Å². The highest BCUT2D eigenvalue weighted by atomic mass is 19.1. The molecule has 1 spiro atoms. The number of carbonyl (C=O) groups is 1. The predicted octanol–water partition coefficient (Wildman–Crippen LogP) is 4.76. The zero-order chi connectivity index (χ0) is 23.6. The number of aromatic nitrogens is 1. The van der Waals surface area contributed by atoms with Crippen LogP contribution in [0.3, 0.4) is 0 Å². The Hall–Kier alpha value is -2.90. The van der Waals surface area contributed by atoms with Gasteiger partial charge in [0.15, 0.2) is 0 Å². The fourth-order valence-corrected chi connectivity index (χ4v) is 5.70. The first-order valence-electron chi connectivity index (χ1n) is 11.3. The topological polar surface area (TPSA) is 91.9 Å². The molecule has 0 radical (unpaired) electrons. The van der Waals surface area contributed by atoms with Gasteiger partial charge in [-0.25, -0.2) is 4.39 Å². The molecule has 174 valence electrons. The standard InChI is InChI=1S/C26H28FNO5/c1-24(2)15-33-26(12-10-25(32,11-13-26)14-20(30)31)22-21-18(4-3-5-19(21)29)28(23(22)24)17-8-6-16(27)7-9-17/h3-9,29,32H,10-15H2,1-2H3,(H,30,31). The van der Waals surface area contributed by atoms with E-state index in [9.17, 15) is 24.5 Å². The van der Waals surface area contributed by atoms with E-state index in [0.717, 1.165) is 22.5 Å². The van der Waals surface area contributed by atoms with Crippen molar-refractivity contribution in [1.82, 2.24) is 4.57 Å². The van der Waals surface area contributed by atoms with Crippen LogP contribution in [-0.2, 0) is 20.5 Å². The Kier molecular flexibility index (Phi) is 4.85. The van der Waals surface area contributed by atoms with Crippen LogP contribution < -0.4 is 0 Å². The first kappa shape index (κ1) is 21.9. The van der Waals surface area contributed by atoms with Crippen molar-refractivity contribution in [3.63, 3.8) is 0 Å². The zero-order valence-electron chi connectivity index (χ0n) is 18.8. The van der Waals surface area contributed by atoms with Gasteiger partial charge in [0.1, 0.15) is 11.6 Å². The SMILES string of the molecule is CC1(C)COC2(CCC(O)(CC(=O)O)CC2)c2c1n(-c1ccc(F)cc1)c1cccc(O)c21. The fraction of sp³-hybridized carbons (Fsp3) is 0.423. The smallest absolute Gasteiger partial charge is 0.306 e. The van der Waals surface area contributed by atoms with Crippen molar-refractivity contribution in [3.8, 4) is 11.4 Å². The third-order valence-electron chi connectivity index (χ3n) is 7.33. The Balaban J connectivity index is 1.75. The number of rotatable bonds is 3. The molecule has 1 aliphatic heterocycles. The molecule has 33 heavy (non-hydrogen) atoms. The van der Waals surface area contributed by atoms with Crippen LogP contribution in [0.25, 0.3) is 16.6 Å². The van der Waals surface area contributed by atoms with Crippen molar-refractivity contribution in [2.24, 2.45) is 0 Å². The number of aliphatic carboxylic acids is 1. The summed E-state index contributed by atoms with van der Waals surface area (Å²) in [6, 6.07) is 11.7. The minimum atomic E-state index is -1.27. The number of ether oxygens (including phenoxy) is 1. The lowest BCUT2D eigenvalue weighted by molar-refractivity contribution is -0.158. The Bertz CT molecular complexity index is 1240. The number of benzene rings is 2. The summed E-state index contributed by atoms with van der Waals surface area (Å²) >= 11 is 0. The molecule has 5 rings (SSSR count). The molecule has 0 saturated heterocycles. The van der Waals surface area contributed by atoms with Crippen LogP contribution in [0.4, 0.5) is 4.39 Å². The average Bonchev–Trinajstić information content (AvgIpc) is 3.12. The number of hydrogen-bond acceptors (Lipinski definition) is 4. The number of phenols is 1. The van der Waals surface area contributed by atoms with Crippen LogP contribution >= 0.6 is 0 Å². The number of halogens is 1. The van der Waals surface area contributed by atoms with Gasteiger partial charge in [0, 0.05) is 27.7 Å². The van der Waals surface area contributed by atoms with E-state index in [1.165, 1.54) is 12.1 Å². The number of aliphatic hydroxyl groups is 1. The number of fused-ring (bicyclic) bond motifs is 4. The first-order valence-corrected chi connectivity index (χ1v) is 11.3. The van der Waals surface area contributed by atoms with Crippen LogP contribution in [0.2, 0.25) is 0 Å². The highest BCUT2D eigenvalue weighted by molar-refractivity contribution is 5.94. The van der Waals surface area contributed by atoms with Crippen LogP contribution in [0.5, 0.6) is 5.75 Å². The van der Waals surface area contributed by atoms with Gasteiger partial charge in [-0.3, -0.25) is 4.79 Å². The summed E-state index contributed by atoms with van der Waals surface area (Å²) in [5.74, 6) is -1.21. The second-order valence-corrected chi connectivity index (χ2v) is 10.2. The van der Waals surface area contributed by atoms with Gasteiger partial charge in [0.25, 0.3) is 0 Å². The summed E-state index contributed by atoms with van der Waals surface area (Å²) in [4.78, 5) is 11.3. The Labute approximate surface area is 191 Å². The highest BCUT2D eigenvalue weighted by Crippen LogP contribution is 2.56. The molecule has 2 heterocycles. The number of hydrogen-bond donors (Lipinski definition) is 3. The molecular weight excluding hydrogens is 425 g/mol. The van der Waals surface area contributed by atoms with Crippen molar-refractivity contribution in [3.05, 3.63) is 59.5 Å². The van der Waals surface area contributed by atoms with Gasteiger partial charge in [-0.15, -0.1) is 0 Å².